The summed E-state index contributed by atoms with van der Waals surface area (Å²) in [4.78, 5) is 26.7. The molecule has 0 fully saturated rings. The van der Waals surface area contributed by atoms with Gasteiger partial charge in [0.15, 0.2) is 0 Å². The summed E-state index contributed by atoms with van der Waals surface area (Å²) in [6, 6.07) is 15.7. The summed E-state index contributed by atoms with van der Waals surface area (Å²) in [7, 11) is 0. The predicted molar refractivity (Wildman–Crippen MR) is 92.3 cm³/mol. The standard InChI is InChI=1S/C19H18N4O/c24-19-16-13-23(12-15-8-4-5-10-20-15)11-9-17(16)21-18(22-19)14-6-2-1-3-7-14/h1-8,10H,9,11-13H2,(H,21,22,24). The number of aromatic nitrogens is 3. The first kappa shape index (κ1) is 14.8. The minimum Gasteiger partial charge on any atom is -0.306 e. The molecule has 120 valence electrons. The van der Waals surface area contributed by atoms with Crippen LogP contribution in [0.15, 0.2) is 59.5 Å². The van der Waals surface area contributed by atoms with Crippen LogP contribution in [0.4, 0.5) is 0 Å². The van der Waals surface area contributed by atoms with Crippen LogP contribution in [0.5, 0.6) is 0 Å². The van der Waals surface area contributed by atoms with Crippen molar-refractivity contribution in [1.29, 1.82) is 0 Å². The Labute approximate surface area is 140 Å². The van der Waals surface area contributed by atoms with Gasteiger partial charge in [-0.25, -0.2) is 4.98 Å². The maximum atomic E-state index is 12.5. The van der Waals surface area contributed by atoms with Gasteiger partial charge in [-0.05, 0) is 12.1 Å². The van der Waals surface area contributed by atoms with Crippen molar-refractivity contribution in [3.63, 3.8) is 0 Å². The van der Waals surface area contributed by atoms with Crippen molar-refractivity contribution in [3.05, 3.63) is 82.0 Å². The Kier molecular flexibility index (Phi) is 3.92. The molecule has 1 aromatic carbocycles. The molecule has 1 aliphatic heterocycles. The molecule has 0 aliphatic carbocycles. The Balaban J connectivity index is 1.60. The summed E-state index contributed by atoms with van der Waals surface area (Å²) >= 11 is 0. The number of pyridine rings is 1. The minimum atomic E-state index is -0.0374. The zero-order valence-electron chi connectivity index (χ0n) is 13.3. The third-order valence-electron chi connectivity index (χ3n) is 4.31. The molecule has 0 atom stereocenters. The summed E-state index contributed by atoms with van der Waals surface area (Å²) < 4.78 is 0. The lowest BCUT2D eigenvalue weighted by Gasteiger charge is -2.27. The van der Waals surface area contributed by atoms with Crippen LogP contribution in [0.2, 0.25) is 0 Å². The SMILES string of the molecule is O=c1[nH]c(-c2ccccc2)nc2c1CN(Cc1ccccn1)CC2. The lowest BCUT2D eigenvalue weighted by Crippen LogP contribution is -2.35. The minimum absolute atomic E-state index is 0.0374. The summed E-state index contributed by atoms with van der Waals surface area (Å²) in [5, 5.41) is 0. The first-order valence-corrected chi connectivity index (χ1v) is 8.09. The highest BCUT2D eigenvalue weighted by atomic mass is 16.1. The van der Waals surface area contributed by atoms with Gasteiger partial charge in [-0.1, -0.05) is 36.4 Å². The van der Waals surface area contributed by atoms with Crippen molar-refractivity contribution in [2.75, 3.05) is 6.54 Å². The first-order valence-electron chi connectivity index (χ1n) is 8.09. The number of aromatic amines is 1. The van der Waals surface area contributed by atoms with Crippen LogP contribution in [0.25, 0.3) is 11.4 Å². The molecular weight excluding hydrogens is 300 g/mol. The van der Waals surface area contributed by atoms with E-state index < -0.39 is 0 Å². The van der Waals surface area contributed by atoms with Gasteiger partial charge in [-0.3, -0.25) is 14.7 Å². The molecule has 0 saturated heterocycles. The van der Waals surface area contributed by atoms with E-state index >= 15 is 0 Å². The smallest absolute Gasteiger partial charge is 0.255 e. The van der Waals surface area contributed by atoms with E-state index in [-0.39, 0.29) is 5.56 Å². The molecule has 0 unspecified atom stereocenters. The Morgan fingerprint density at radius 3 is 2.71 bits per heavy atom. The maximum absolute atomic E-state index is 12.5. The van der Waals surface area contributed by atoms with Crippen molar-refractivity contribution in [3.8, 4) is 11.4 Å². The maximum Gasteiger partial charge on any atom is 0.255 e. The lowest BCUT2D eigenvalue weighted by molar-refractivity contribution is 0.239. The normalized spacial score (nSPS) is 14.3. The van der Waals surface area contributed by atoms with Crippen molar-refractivity contribution in [1.82, 2.24) is 19.9 Å². The molecular formula is C19H18N4O. The molecule has 3 heterocycles. The van der Waals surface area contributed by atoms with Gasteiger partial charge in [-0.15, -0.1) is 0 Å². The van der Waals surface area contributed by atoms with Crippen LogP contribution < -0.4 is 5.56 Å². The van der Waals surface area contributed by atoms with Gasteiger partial charge in [0.05, 0.1) is 17.0 Å². The second kappa shape index (κ2) is 6.37. The van der Waals surface area contributed by atoms with Gasteiger partial charge in [0.1, 0.15) is 5.82 Å². The second-order valence-electron chi connectivity index (χ2n) is 5.99. The zero-order chi connectivity index (χ0) is 16.4. The van der Waals surface area contributed by atoms with Crippen molar-refractivity contribution in [2.24, 2.45) is 0 Å². The topological polar surface area (TPSA) is 61.9 Å². The van der Waals surface area contributed by atoms with Gasteiger partial charge in [0.2, 0.25) is 0 Å². The molecule has 0 spiro atoms. The Morgan fingerprint density at radius 1 is 1.08 bits per heavy atom. The molecule has 1 N–H and O–H groups in total. The monoisotopic (exact) mass is 318 g/mol. The van der Waals surface area contributed by atoms with E-state index in [1.165, 1.54) is 0 Å². The fourth-order valence-electron chi connectivity index (χ4n) is 3.07. The average Bonchev–Trinajstić information content (AvgIpc) is 2.64. The van der Waals surface area contributed by atoms with Crippen molar-refractivity contribution in [2.45, 2.75) is 19.5 Å². The molecule has 0 bridgehead atoms. The van der Waals surface area contributed by atoms with E-state index in [1.807, 2.05) is 48.5 Å². The molecule has 0 radical (unpaired) electrons. The molecule has 3 aromatic rings. The van der Waals surface area contributed by atoms with Crippen LogP contribution in [-0.4, -0.2) is 26.4 Å². The molecule has 4 rings (SSSR count). The largest absolute Gasteiger partial charge is 0.306 e. The number of fused-ring (bicyclic) bond motifs is 1. The average molecular weight is 318 g/mol. The van der Waals surface area contributed by atoms with Gasteiger partial charge in [0, 0.05) is 37.8 Å². The number of benzene rings is 1. The van der Waals surface area contributed by atoms with Crippen molar-refractivity contribution >= 4 is 0 Å². The Morgan fingerprint density at radius 2 is 1.92 bits per heavy atom. The molecule has 0 amide bonds. The quantitative estimate of drug-likeness (QED) is 0.805. The van der Waals surface area contributed by atoms with Crippen LogP contribution >= 0.6 is 0 Å². The molecule has 24 heavy (non-hydrogen) atoms. The second-order valence-corrected chi connectivity index (χ2v) is 5.99. The highest BCUT2D eigenvalue weighted by Crippen LogP contribution is 2.19. The predicted octanol–water partition coefficient (Wildman–Crippen LogP) is 2.39. The van der Waals surface area contributed by atoms with Crippen LogP contribution in [0, 0.1) is 0 Å². The summed E-state index contributed by atoms with van der Waals surface area (Å²) in [5.41, 5.74) is 3.61. The van der Waals surface area contributed by atoms with E-state index in [2.05, 4.69) is 19.9 Å². The molecule has 1 aliphatic rings. The number of H-pyrrole nitrogens is 1. The molecule has 0 saturated carbocycles. The summed E-state index contributed by atoms with van der Waals surface area (Å²) in [5.74, 6) is 0.650. The van der Waals surface area contributed by atoms with Gasteiger partial charge >= 0.3 is 0 Å². The lowest BCUT2D eigenvalue weighted by atomic mass is 10.1. The highest BCUT2D eigenvalue weighted by Gasteiger charge is 2.21. The van der Waals surface area contributed by atoms with Crippen LogP contribution in [0.1, 0.15) is 17.0 Å². The summed E-state index contributed by atoms with van der Waals surface area (Å²) in [6.07, 6.45) is 2.58. The van der Waals surface area contributed by atoms with E-state index in [1.54, 1.807) is 6.20 Å². The molecule has 5 heteroatoms. The van der Waals surface area contributed by atoms with Crippen molar-refractivity contribution < 1.29 is 0 Å². The van der Waals surface area contributed by atoms with Crippen LogP contribution in [-0.2, 0) is 19.5 Å². The number of hydrogen-bond acceptors (Lipinski definition) is 4. The fourth-order valence-corrected chi connectivity index (χ4v) is 3.07. The van der Waals surface area contributed by atoms with E-state index in [0.29, 0.717) is 12.4 Å². The Hall–Kier alpha value is -2.79. The third kappa shape index (κ3) is 2.98. The van der Waals surface area contributed by atoms with Gasteiger partial charge in [0.25, 0.3) is 5.56 Å². The number of rotatable bonds is 3. The number of hydrogen-bond donors (Lipinski definition) is 1. The highest BCUT2D eigenvalue weighted by molar-refractivity contribution is 5.54. The number of nitrogens with zero attached hydrogens (tertiary/aromatic N) is 3. The first-order chi connectivity index (χ1) is 11.8. The zero-order valence-corrected chi connectivity index (χ0v) is 13.3. The van der Waals surface area contributed by atoms with Crippen LogP contribution in [0.3, 0.4) is 0 Å². The third-order valence-corrected chi connectivity index (χ3v) is 4.31. The van der Waals surface area contributed by atoms with Gasteiger partial charge in [-0.2, -0.15) is 0 Å². The van der Waals surface area contributed by atoms with E-state index in [9.17, 15) is 4.79 Å². The van der Waals surface area contributed by atoms with Gasteiger partial charge < -0.3 is 4.98 Å². The van der Waals surface area contributed by atoms with E-state index in [0.717, 1.165) is 42.0 Å². The molecule has 2 aromatic heterocycles. The fraction of sp³-hybridized carbons (Fsp3) is 0.211. The van der Waals surface area contributed by atoms with E-state index in [4.69, 9.17) is 0 Å². The summed E-state index contributed by atoms with van der Waals surface area (Å²) in [6.45, 7) is 2.25. The Bertz CT molecular complexity index is 890. The number of nitrogens with one attached hydrogen (secondary N) is 1. The molecule has 5 nitrogen and oxygen atoms in total.